The van der Waals surface area contributed by atoms with Gasteiger partial charge in [0.1, 0.15) is 8.83 Å². The summed E-state index contributed by atoms with van der Waals surface area (Å²) in [6.07, 6.45) is 0. The molecule has 1 heterocycles. The molecule has 2 aromatic rings. The van der Waals surface area contributed by atoms with Gasteiger partial charge in [-0.3, -0.25) is 0 Å². The predicted octanol–water partition coefficient (Wildman–Crippen LogP) is 2.12. The number of benzene rings is 2. The first-order valence-corrected chi connectivity index (χ1v) is 9.19. The van der Waals surface area contributed by atoms with Crippen molar-refractivity contribution in [2.24, 2.45) is 4.63 Å². The molecule has 1 aliphatic heterocycles. The second-order valence-electron chi connectivity index (χ2n) is 3.74. The minimum atomic E-state index is 0.239. The van der Waals surface area contributed by atoms with Crippen LogP contribution in [0.15, 0.2) is 53.2 Å². The van der Waals surface area contributed by atoms with Crippen LogP contribution >= 0.6 is 0 Å². The van der Waals surface area contributed by atoms with E-state index in [9.17, 15) is 0 Å². The van der Waals surface area contributed by atoms with Gasteiger partial charge in [0.2, 0.25) is 0 Å². The third-order valence-corrected chi connectivity index (χ3v) is 5.42. The highest BCUT2D eigenvalue weighted by Gasteiger charge is 2.07. The Morgan fingerprint density at radius 2 is 1.56 bits per heavy atom. The summed E-state index contributed by atoms with van der Waals surface area (Å²) in [4.78, 5) is 0. The molecule has 1 aliphatic rings. The number of para-hydroxylation sites is 1. The first kappa shape index (κ1) is 9.75. The van der Waals surface area contributed by atoms with Gasteiger partial charge in [-0.1, -0.05) is 48.1 Å². The third-order valence-electron chi connectivity index (χ3n) is 2.73. The normalized spacial score (nSPS) is 16.5. The van der Waals surface area contributed by atoms with Crippen molar-refractivity contribution >= 4 is 28.8 Å². The van der Waals surface area contributed by atoms with E-state index in [0.29, 0.717) is 8.65 Å². The molecule has 0 saturated carbocycles. The highest BCUT2D eigenvalue weighted by Crippen LogP contribution is 2.31. The maximum absolute atomic E-state index is 4.73. The Kier molecular flexibility index (Phi) is 2.55. The standard InChI is InChI=1S/C13H11NSi2/c1-2-6-11-10(5-1)9-15-16-14-13-8-4-3-7-12(11)13/h1-9,15-16H/b10-9?,12-11?,14-13?,15-9-,16-14-,16-15?. The van der Waals surface area contributed by atoms with Gasteiger partial charge in [-0.15, -0.1) is 0 Å². The molecule has 0 aliphatic carbocycles. The van der Waals surface area contributed by atoms with Crippen LogP contribution in [0.4, 0.5) is 5.69 Å². The number of nitrogens with zero attached hydrogens (tertiary/aromatic N) is 1. The van der Waals surface area contributed by atoms with Crippen molar-refractivity contribution in [1.29, 1.82) is 0 Å². The molecule has 0 bridgehead atoms. The molecular formula is C13H11NSi2. The summed E-state index contributed by atoms with van der Waals surface area (Å²) in [6, 6.07) is 17.1. The molecule has 0 amide bonds. The molecule has 76 valence electrons. The topological polar surface area (TPSA) is 12.4 Å². The highest BCUT2D eigenvalue weighted by atomic mass is 29.1. The third kappa shape index (κ3) is 1.68. The Hall–Kier alpha value is -1.46. The van der Waals surface area contributed by atoms with Crippen LogP contribution in [-0.4, -0.2) is 23.2 Å². The number of rotatable bonds is 0. The van der Waals surface area contributed by atoms with Crippen LogP contribution in [0.1, 0.15) is 5.56 Å². The van der Waals surface area contributed by atoms with E-state index >= 15 is 0 Å². The van der Waals surface area contributed by atoms with E-state index in [0.717, 1.165) is 0 Å². The van der Waals surface area contributed by atoms with Crippen LogP contribution < -0.4 is 0 Å². The van der Waals surface area contributed by atoms with Crippen LogP contribution in [0.25, 0.3) is 11.1 Å². The Morgan fingerprint density at radius 3 is 2.50 bits per heavy atom. The molecule has 0 fully saturated rings. The molecule has 0 saturated heterocycles. The van der Waals surface area contributed by atoms with Crippen molar-refractivity contribution in [2.75, 3.05) is 0 Å². The predicted molar refractivity (Wildman–Crippen MR) is 73.4 cm³/mol. The molecule has 3 rings (SSSR count). The SMILES string of the molecule is C1=[SiH]\[SiH]=N/c2ccccc2-c2ccccc2/1. The number of hydrogen-bond donors (Lipinski definition) is 0. The van der Waals surface area contributed by atoms with Crippen molar-refractivity contribution in [2.45, 2.75) is 0 Å². The molecule has 0 unspecified atom stereocenters. The highest BCUT2D eigenvalue weighted by molar-refractivity contribution is 6.97. The lowest BCUT2D eigenvalue weighted by Gasteiger charge is -2.10. The van der Waals surface area contributed by atoms with Gasteiger partial charge in [0.15, 0.2) is 0 Å². The maximum atomic E-state index is 4.73. The molecule has 1 nitrogen and oxygen atoms in total. The fourth-order valence-corrected chi connectivity index (χ4v) is 4.65. The fourth-order valence-electron chi connectivity index (χ4n) is 1.97. The summed E-state index contributed by atoms with van der Waals surface area (Å²) >= 11 is 0. The van der Waals surface area contributed by atoms with Gasteiger partial charge in [-0.2, -0.15) is 0 Å². The van der Waals surface area contributed by atoms with Gasteiger partial charge in [0.25, 0.3) is 0 Å². The zero-order valence-electron chi connectivity index (χ0n) is 8.80. The molecule has 0 radical (unpaired) electrons. The second kappa shape index (κ2) is 4.19. The van der Waals surface area contributed by atoms with Gasteiger partial charge in [0.05, 0.1) is 5.69 Å². The fraction of sp³-hybridized carbons (Fsp3) is 0. The second-order valence-corrected chi connectivity index (χ2v) is 7.07. The zero-order chi connectivity index (χ0) is 10.8. The first-order valence-electron chi connectivity index (χ1n) is 5.34. The average molecular weight is 237 g/mol. The van der Waals surface area contributed by atoms with Crippen molar-refractivity contribution in [3.8, 4) is 11.1 Å². The van der Waals surface area contributed by atoms with Gasteiger partial charge >= 0.3 is 0 Å². The van der Waals surface area contributed by atoms with E-state index in [4.69, 9.17) is 4.63 Å². The maximum Gasteiger partial charge on any atom is 0.115 e. The van der Waals surface area contributed by atoms with Crippen LogP contribution in [0.2, 0.25) is 0 Å². The Labute approximate surface area is 98.9 Å². The largest absolute Gasteiger partial charge is 0.306 e. The van der Waals surface area contributed by atoms with Crippen molar-refractivity contribution in [1.82, 2.24) is 0 Å². The summed E-state index contributed by atoms with van der Waals surface area (Å²) in [7, 11) is 0.617. The van der Waals surface area contributed by atoms with E-state index in [1.807, 2.05) is 0 Å². The number of hydrogen-bond acceptors (Lipinski definition) is 1. The monoisotopic (exact) mass is 237 g/mol. The lowest BCUT2D eigenvalue weighted by Crippen LogP contribution is -1.97. The zero-order valence-corrected chi connectivity index (χ0v) is 11.1. The van der Waals surface area contributed by atoms with Crippen molar-refractivity contribution in [3.05, 3.63) is 54.1 Å². The van der Waals surface area contributed by atoms with Gasteiger partial charge in [-0.25, -0.2) is 0 Å². The summed E-state index contributed by atoms with van der Waals surface area (Å²) in [5.74, 6) is 0. The van der Waals surface area contributed by atoms with E-state index in [1.165, 1.54) is 22.4 Å². The minimum absolute atomic E-state index is 0.239. The molecule has 0 spiro atoms. The van der Waals surface area contributed by atoms with Gasteiger partial charge < -0.3 is 4.63 Å². The Balaban J connectivity index is 2.34. The van der Waals surface area contributed by atoms with Crippen LogP contribution in [0.5, 0.6) is 0 Å². The first-order chi connectivity index (χ1) is 7.95. The molecule has 0 atom stereocenters. The minimum Gasteiger partial charge on any atom is -0.306 e. The van der Waals surface area contributed by atoms with Crippen molar-refractivity contribution in [3.63, 3.8) is 0 Å². The molecule has 3 heteroatoms. The lowest BCUT2D eigenvalue weighted by molar-refractivity contribution is 1.53. The molecule has 16 heavy (non-hydrogen) atoms. The van der Waals surface area contributed by atoms with Crippen LogP contribution in [0, 0.1) is 0 Å². The smallest absolute Gasteiger partial charge is 0.115 e. The van der Waals surface area contributed by atoms with E-state index in [-0.39, 0.29) is 8.83 Å². The van der Waals surface area contributed by atoms with Crippen LogP contribution in [-0.2, 0) is 0 Å². The quantitative estimate of drug-likeness (QED) is 0.622. The average Bonchev–Trinajstić information content (AvgIpc) is 2.33. The van der Waals surface area contributed by atoms with Crippen molar-refractivity contribution < 1.29 is 0 Å². The van der Waals surface area contributed by atoms with Crippen LogP contribution in [0.3, 0.4) is 0 Å². The van der Waals surface area contributed by atoms with E-state index in [1.54, 1.807) is 0 Å². The van der Waals surface area contributed by atoms with Gasteiger partial charge in [0, 0.05) is 14.2 Å². The molecule has 0 aromatic heterocycles. The summed E-state index contributed by atoms with van der Waals surface area (Å²) in [5.41, 5.74) is 7.55. The molecular weight excluding hydrogens is 226 g/mol. The summed E-state index contributed by atoms with van der Waals surface area (Å²) in [5, 5.41) is 0. The van der Waals surface area contributed by atoms with E-state index in [2.05, 4.69) is 54.2 Å². The lowest BCUT2D eigenvalue weighted by atomic mass is 9.99. The molecule has 0 N–H and O–H groups in total. The number of fused-ring (bicyclic) bond motifs is 3. The summed E-state index contributed by atoms with van der Waals surface area (Å²) < 4.78 is 4.73. The Bertz CT molecular complexity index is 534. The van der Waals surface area contributed by atoms with Gasteiger partial charge in [-0.05, 0) is 17.2 Å². The van der Waals surface area contributed by atoms with E-state index < -0.39 is 0 Å². The Morgan fingerprint density at radius 1 is 0.812 bits per heavy atom. The molecule has 2 aromatic carbocycles. The summed E-state index contributed by atoms with van der Waals surface area (Å²) in [6.45, 7) is 0.